The van der Waals surface area contributed by atoms with Gasteiger partial charge in [0.05, 0.1) is 0 Å². The molecule has 1 aliphatic rings. The first-order valence-electron chi connectivity index (χ1n) is 9.26. The summed E-state index contributed by atoms with van der Waals surface area (Å²) in [6, 6.07) is 0.581. The predicted octanol–water partition coefficient (Wildman–Crippen LogP) is 3.41. The zero-order chi connectivity index (χ0) is 19.1. The first kappa shape index (κ1) is 22.4. The van der Waals surface area contributed by atoms with E-state index in [4.69, 9.17) is 13.3 Å². The topological polar surface area (TPSA) is 68.8 Å². The van der Waals surface area contributed by atoms with Crippen molar-refractivity contribution in [1.29, 1.82) is 0 Å². The number of carbonyl (C=O) groups excluding carboxylic acids is 1. The van der Waals surface area contributed by atoms with E-state index in [2.05, 4.69) is 38.3 Å². The van der Waals surface area contributed by atoms with E-state index in [0.29, 0.717) is 23.9 Å². The summed E-state index contributed by atoms with van der Waals surface area (Å²) in [5.41, 5.74) is 0.516. The molecule has 6 nitrogen and oxygen atoms in total. The summed E-state index contributed by atoms with van der Waals surface area (Å²) < 4.78 is 16.1. The van der Waals surface area contributed by atoms with Crippen LogP contribution in [0.15, 0.2) is 0 Å². The van der Waals surface area contributed by atoms with Gasteiger partial charge in [0.1, 0.15) is 0 Å². The molecule has 0 radical (unpaired) electrons. The van der Waals surface area contributed by atoms with Gasteiger partial charge in [0, 0.05) is 40.5 Å². The van der Waals surface area contributed by atoms with Crippen molar-refractivity contribution in [2.75, 3.05) is 34.4 Å². The average Bonchev–Trinajstić information content (AvgIpc) is 2.51. The lowest BCUT2D eigenvalue weighted by Gasteiger charge is -2.46. The Morgan fingerprint density at radius 2 is 1.68 bits per heavy atom. The van der Waals surface area contributed by atoms with Crippen LogP contribution < -0.4 is 10.6 Å². The van der Waals surface area contributed by atoms with Crippen molar-refractivity contribution in [3.63, 3.8) is 0 Å². The van der Waals surface area contributed by atoms with Gasteiger partial charge in [0.25, 0.3) is 0 Å². The van der Waals surface area contributed by atoms with Crippen molar-refractivity contribution in [3.8, 4) is 0 Å². The monoisotopic (exact) mass is 374 g/mol. The van der Waals surface area contributed by atoms with E-state index >= 15 is 0 Å². The highest BCUT2D eigenvalue weighted by Gasteiger charge is 2.40. The summed E-state index contributed by atoms with van der Waals surface area (Å²) in [4.78, 5) is 12.1. The molecule has 0 spiro atoms. The van der Waals surface area contributed by atoms with E-state index in [1.165, 1.54) is 12.8 Å². The van der Waals surface area contributed by atoms with Crippen LogP contribution in [-0.2, 0) is 13.3 Å². The fraction of sp³-hybridized carbons (Fsp3) is 0.944. The minimum atomic E-state index is -2.54. The summed E-state index contributed by atoms with van der Waals surface area (Å²) in [5, 5.41) is 5.98. The van der Waals surface area contributed by atoms with Gasteiger partial charge in [0.2, 0.25) is 0 Å². The number of amides is 2. The zero-order valence-corrected chi connectivity index (χ0v) is 18.2. The molecule has 0 heterocycles. The first-order chi connectivity index (χ1) is 11.6. The Bertz CT molecular complexity index is 421. The van der Waals surface area contributed by atoms with Gasteiger partial charge in [-0.05, 0) is 42.4 Å². The zero-order valence-electron chi connectivity index (χ0n) is 17.2. The van der Waals surface area contributed by atoms with Crippen LogP contribution in [0.4, 0.5) is 4.79 Å². The molecule has 1 saturated carbocycles. The number of hydrogen-bond donors (Lipinski definition) is 2. The average molecular weight is 375 g/mol. The maximum atomic E-state index is 12.1. The smallest absolute Gasteiger partial charge is 0.377 e. The van der Waals surface area contributed by atoms with Gasteiger partial charge in [-0.25, -0.2) is 4.79 Å². The molecule has 2 amide bonds. The molecule has 1 fully saturated rings. The molecule has 0 aromatic heterocycles. The molecule has 7 heteroatoms. The SMILES string of the molecule is CO[Si](CCCNC(=O)NCC1(C)CC(C)CC(C)(C)C1)(OC)OC. The fourth-order valence-electron chi connectivity index (χ4n) is 4.71. The van der Waals surface area contributed by atoms with E-state index in [1.807, 2.05) is 0 Å². The Labute approximate surface area is 154 Å². The second-order valence-corrected chi connectivity index (χ2v) is 11.8. The van der Waals surface area contributed by atoms with Gasteiger partial charge in [-0.2, -0.15) is 0 Å². The van der Waals surface area contributed by atoms with Crippen molar-refractivity contribution < 1.29 is 18.1 Å². The van der Waals surface area contributed by atoms with Crippen LogP contribution in [-0.4, -0.2) is 49.3 Å². The molecule has 2 unspecified atom stereocenters. The van der Waals surface area contributed by atoms with Crippen molar-refractivity contribution in [2.45, 2.75) is 59.4 Å². The Hall–Kier alpha value is -0.633. The van der Waals surface area contributed by atoms with Gasteiger partial charge < -0.3 is 23.9 Å². The lowest BCUT2D eigenvalue weighted by atomic mass is 9.61. The minimum Gasteiger partial charge on any atom is -0.377 e. The van der Waals surface area contributed by atoms with Gasteiger partial charge >= 0.3 is 14.8 Å². The number of rotatable bonds is 9. The van der Waals surface area contributed by atoms with E-state index in [0.717, 1.165) is 19.4 Å². The van der Waals surface area contributed by atoms with E-state index in [-0.39, 0.29) is 11.4 Å². The van der Waals surface area contributed by atoms with Crippen LogP contribution in [0.5, 0.6) is 0 Å². The molecule has 1 aliphatic carbocycles. The summed E-state index contributed by atoms with van der Waals surface area (Å²) >= 11 is 0. The van der Waals surface area contributed by atoms with Gasteiger partial charge in [0.15, 0.2) is 0 Å². The molecule has 2 atom stereocenters. The molecular weight excluding hydrogens is 336 g/mol. The number of nitrogens with one attached hydrogen (secondary N) is 2. The summed E-state index contributed by atoms with van der Waals surface area (Å²) in [5.74, 6) is 0.703. The molecule has 0 aromatic carbocycles. The van der Waals surface area contributed by atoms with Crippen LogP contribution in [0.1, 0.15) is 53.4 Å². The van der Waals surface area contributed by atoms with Crippen molar-refractivity contribution in [1.82, 2.24) is 10.6 Å². The lowest BCUT2D eigenvalue weighted by Crippen LogP contribution is -2.46. The molecule has 1 rings (SSSR count). The number of carbonyl (C=O) groups is 1. The third kappa shape index (κ3) is 7.25. The predicted molar refractivity (Wildman–Crippen MR) is 103 cm³/mol. The standard InChI is InChI=1S/C18H38N2O4Si/c1-15-11-17(2,3)13-18(4,12-15)14-20-16(21)19-9-8-10-25(22-5,23-6)24-7/h15H,8-14H2,1-7H3,(H2,19,20,21). The Kier molecular flexibility index (Phi) is 8.38. The molecule has 0 saturated heterocycles. The van der Waals surface area contributed by atoms with E-state index < -0.39 is 8.80 Å². The van der Waals surface area contributed by atoms with Crippen molar-refractivity contribution in [3.05, 3.63) is 0 Å². The lowest BCUT2D eigenvalue weighted by molar-refractivity contribution is 0.0625. The molecule has 148 valence electrons. The molecule has 2 N–H and O–H groups in total. The summed E-state index contributed by atoms with van der Waals surface area (Å²) in [6.07, 6.45) is 4.34. The minimum absolute atomic E-state index is 0.100. The van der Waals surface area contributed by atoms with E-state index in [9.17, 15) is 4.79 Å². The highest BCUT2D eigenvalue weighted by atomic mass is 28.4. The normalized spacial score (nSPS) is 26.3. The van der Waals surface area contributed by atoms with Gasteiger partial charge in [-0.1, -0.05) is 27.7 Å². The maximum absolute atomic E-state index is 12.1. The van der Waals surface area contributed by atoms with Gasteiger partial charge in [-0.15, -0.1) is 0 Å². The molecule has 0 aromatic rings. The van der Waals surface area contributed by atoms with E-state index in [1.54, 1.807) is 21.3 Å². The van der Waals surface area contributed by atoms with Crippen LogP contribution in [0.2, 0.25) is 6.04 Å². The quantitative estimate of drug-likeness (QED) is 0.479. The Balaban J connectivity index is 2.33. The number of hydrogen-bond acceptors (Lipinski definition) is 4. The second-order valence-electron chi connectivity index (χ2n) is 8.67. The van der Waals surface area contributed by atoms with Crippen LogP contribution in [0.3, 0.4) is 0 Å². The molecule has 0 bridgehead atoms. The van der Waals surface area contributed by atoms with Crippen molar-refractivity contribution >= 4 is 14.8 Å². The highest BCUT2D eigenvalue weighted by Crippen LogP contribution is 2.48. The van der Waals surface area contributed by atoms with Gasteiger partial charge in [-0.3, -0.25) is 0 Å². The van der Waals surface area contributed by atoms with Crippen LogP contribution in [0, 0.1) is 16.7 Å². The largest absolute Gasteiger partial charge is 0.500 e. The van der Waals surface area contributed by atoms with Crippen LogP contribution >= 0.6 is 0 Å². The molecular formula is C18H38N2O4Si. The third-order valence-electron chi connectivity index (χ3n) is 5.20. The first-order valence-corrected chi connectivity index (χ1v) is 11.2. The third-order valence-corrected chi connectivity index (χ3v) is 8.03. The summed E-state index contributed by atoms with van der Waals surface area (Å²) in [7, 11) is 2.27. The fourth-order valence-corrected chi connectivity index (χ4v) is 6.43. The molecule has 0 aliphatic heterocycles. The summed E-state index contributed by atoms with van der Waals surface area (Å²) in [6.45, 7) is 10.6. The van der Waals surface area contributed by atoms with Crippen molar-refractivity contribution in [2.24, 2.45) is 16.7 Å². The second kappa shape index (κ2) is 9.35. The Morgan fingerprint density at radius 3 is 2.20 bits per heavy atom. The highest BCUT2D eigenvalue weighted by molar-refractivity contribution is 6.60. The Morgan fingerprint density at radius 1 is 1.08 bits per heavy atom. The number of urea groups is 1. The molecule has 25 heavy (non-hydrogen) atoms. The maximum Gasteiger partial charge on any atom is 0.500 e. The van der Waals surface area contributed by atoms with Crippen LogP contribution in [0.25, 0.3) is 0 Å².